The average molecular weight is 301 g/mol. The van der Waals surface area contributed by atoms with Crippen LogP contribution in [0.3, 0.4) is 0 Å². The SMILES string of the molecule is CCNC(=O)CNC(=O)CSCc1cccc(Cl)c1. The zero-order valence-electron chi connectivity index (χ0n) is 10.7. The number of likely N-dealkylation sites (N-methyl/N-ethyl adjacent to an activating group) is 1. The second-order valence-electron chi connectivity index (χ2n) is 3.85. The maximum absolute atomic E-state index is 11.5. The molecule has 0 aliphatic heterocycles. The second-order valence-corrected chi connectivity index (χ2v) is 5.27. The molecule has 0 fully saturated rings. The first-order chi connectivity index (χ1) is 9.11. The largest absolute Gasteiger partial charge is 0.355 e. The number of rotatable bonds is 7. The minimum Gasteiger partial charge on any atom is -0.355 e. The first-order valence-corrected chi connectivity index (χ1v) is 7.50. The first-order valence-electron chi connectivity index (χ1n) is 5.97. The van der Waals surface area contributed by atoms with Crippen molar-refractivity contribution in [2.45, 2.75) is 12.7 Å². The van der Waals surface area contributed by atoms with Crippen molar-refractivity contribution in [2.24, 2.45) is 0 Å². The van der Waals surface area contributed by atoms with Gasteiger partial charge in [-0.05, 0) is 24.6 Å². The molecule has 0 aromatic heterocycles. The van der Waals surface area contributed by atoms with E-state index in [9.17, 15) is 9.59 Å². The molecule has 0 bridgehead atoms. The molecule has 0 saturated heterocycles. The Kier molecular flexibility index (Phi) is 7.36. The van der Waals surface area contributed by atoms with E-state index in [0.717, 1.165) is 11.3 Å². The Morgan fingerprint density at radius 2 is 2.05 bits per heavy atom. The summed E-state index contributed by atoms with van der Waals surface area (Å²) >= 11 is 7.35. The van der Waals surface area contributed by atoms with Gasteiger partial charge in [-0.25, -0.2) is 0 Å². The summed E-state index contributed by atoms with van der Waals surface area (Å²) in [4.78, 5) is 22.6. The zero-order chi connectivity index (χ0) is 14.1. The molecule has 0 aliphatic carbocycles. The molecule has 0 unspecified atom stereocenters. The summed E-state index contributed by atoms with van der Waals surface area (Å²) in [5.41, 5.74) is 1.08. The third-order valence-electron chi connectivity index (χ3n) is 2.21. The fourth-order valence-corrected chi connectivity index (χ4v) is 2.40. The minimum atomic E-state index is -0.171. The van der Waals surface area contributed by atoms with Gasteiger partial charge in [0.15, 0.2) is 0 Å². The Morgan fingerprint density at radius 3 is 2.74 bits per heavy atom. The molecule has 2 amide bonds. The lowest BCUT2D eigenvalue weighted by molar-refractivity contribution is -0.124. The van der Waals surface area contributed by atoms with E-state index < -0.39 is 0 Å². The molecule has 0 aliphatic rings. The molecule has 104 valence electrons. The van der Waals surface area contributed by atoms with Crippen LogP contribution >= 0.6 is 23.4 Å². The van der Waals surface area contributed by atoms with Crippen LogP contribution in [-0.4, -0.2) is 30.7 Å². The van der Waals surface area contributed by atoms with Crippen LogP contribution in [0.1, 0.15) is 12.5 Å². The van der Waals surface area contributed by atoms with E-state index in [2.05, 4.69) is 10.6 Å². The molecule has 1 aromatic carbocycles. The van der Waals surface area contributed by atoms with E-state index in [4.69, 9.17) is 11.6 Å². The van der Waals surface area contributed by atoms with E-state index in [-0.39, 0.29) is 18.4 Å². The Balaban J connectivity index is 2.18. The maximum atomic E-state index is 11.5. The van der Waals surface area contributed by atoms with Crippen LogP contribution in [0.15, 0.2) is 24.3 Å². The Hall–Kier alpha value is -1.20. The molecule has 19 heavy (non-hydrogen) atoms. The summed E-state index contributed by atoms with van der Waals surface area (Å²) in [6.07, 6.45) is 0. The Bertz CT molecular complexity index is 440. The minimum absolute atomic E-state index is 0.0321. The average Bonchev–Trinajstić information content (AvgIpc) is 2.37. The summed E-state index contributed by atoms with van der Waals surface area (Å²) in [5.74, 6) is 0.732. The fourth-order valence-electron chi connectivity index (χ4n) is 1.38. The molecule has 1 aromatic rings. The van der Waals surface area contributed by atoms with Crippen LogP contribution in [-0.2, 0) is 15.3 Å². The molecule has 2 N–H and O–H groups in total. The molecular formula is C13H17ClN2O2S. The van der Waals surface area contributed by atoms with Crippen molar-refractivity contribution in [3.8, 4) is 0 Å². The molecular weight excluding hydrogens is 284 g/mol. The molecule has 0 saturated carbocycles. The van der Waals surface area contributed by atoms with E-state index in [1.807, 2.05) is 31.2 Å². The highest BCUT2D eigenvalue weighted by Gasteiger charge is 2.05. The van der Waals surface area contributed by atoms with Gasteiger partial charge in [0, 0.05) is 17.3 Å². The van der Waals surface area contributed by atoms with E-state index >= 15 is 0 Å². The molecule has 0 radical (unpaired) electrons. The van der Waals surface area contributed by atoms with Crippen molar-refractivity contribution in [3.63, 3.8) is 0 Å². The lowest BCUT2D eigenvalue weighted by Gasteiger charge is -2.05. The molecule has 0 atom stereocenters. The van der Waals surface area contributed by atoms with Crippen LogP contribution in [0.4, 0.5) is 0 Å². The van der Waals surface area contributed by atoms with Gasteiger partial charge < -0.3 is 10.6 Å². The van der Waals surface area contributed by atoms with Crippen molar-refractivity contribution in [2.75, 3.05) is 18.8 Å². The third kappa shape index (κ3) is 7.08. The van der Waals surface area contributed by atoms with E-state index in [1.54, 1.807) is 0 Å². The first kappa shape index (κ1) is 15.9. The maximum Gasteiger partial charge on any atom is 0.239 e. The summed E-state index contributed by atoms with van der Waals surface area (Å²) < 4.78 is 0. The van der Waals surface area contributed by atoms with Gasteiger partial charge in [0.2, 0.25) is 11.8 Å². The van der Waals surface area contributed by atoms with Gasteiger partial charge in [0.05, 0.1) is 12.3 Å². The van der Waals surface area contributed by atoms with Crippen molar-refractivity contribution in [1.82, 2.24) is 10.6 Å². The van der Waals surface area contributed by atoms with Crippen molar-refractivity contribution >= 4 is 35.2 Å². The number of hydrogen-bond acceptors (Lipinski definition) is 3. The predicted octanol–water partition coefficient (Wildman–Crippen LogP) is 1.83. The van der Waals surface area contributed by atoms with Gasteiger partial charge in [-0.15, -0.1) is 11.8 Å². The molecule has 4 nitrogen and oxygen atoms in total. The van der Waals surface area contributed by atoms with Crippen LogP contribution in [0.2, 0.25) is 5.02 Å². The van der Waals surface area contributed by atoms with Crippen LogP contribution in [0, 0.1) is 0 Å². The number of carbonyl (C=O) groups excluding carboxylic acids is 2. The fraction of sp³-hybridized carbons (Fsp3) is 0.385. The number of thioether (sulfide) groups is 1. The number of nitrogens with one attached hydrogen (secondary N) is 2. The highest BCUT2D eigenvalue weighted by Crippen LogP contribution is 2.16. The van der Waals surface area contributed by atoms with Gasteiger partial charge in [-0.3, -0.25) is 9.59 Å². The molecule has 0 spiro atoms. The topological polar surface area (TPSA) is 58.2 Å². The third-order valence-corrected chi connectivity index (χ3v) is 3.45. The highest BCUT2D eigenvalue weighted by atomic mass is 35.5. The summed E-state index contributed by atoms with van der Waals surface area (Å²) in [7, 11) is 0. The highest BCUT2D eigenvalue weighted by molar-refractivity contribution is 7.99. The van der Waals surface area contributed by atoms with Gasteiger partial charge in [-0.1, -0.05) is 23.7 Å². The van der Waals surface area contributed by atoms with Crippen molar-refractivity contribution < 1.29 is 9.59 Å². The summed E-state index contributed by atoms with van der Waals surface area (Å²) in [5, 5.41) is 5.87. The Morgan fingerprint density at radius 1 is 1.26 bits per heavy atom. The molecule has 1 rings (SSSR count). The summed E-state index contributed by atoms with van der Waals surface area (Å²) in [6, 6.07) is 7.54. The van der Waals surface area contributed by atoms with Crippen LogP contribution < -0.4 is 10.6 Å². The van der Waals surface area contributed by atoms with Crippen LogP contribution in [0.25, 0.3) is 0 Å². The van der Waals surface area contributed by atoms with Gasteiger partial charge in [0.1, 0.15) is 0 Å². The number of halogens is 1. The van der Waals surface area contributed by atoms with E-state index in [1.165, 1.54) is 11.8 Å². The van der Waals surface area contributed by atoms with Gasteiger partial charge in [0.25, 0.3) is 0 Å². The lowest BCUT2D eigenvalue weighted by atomic mass is 10.2. The van der Waals surface area contributed by atoms with Gasteiger partial charge in [-0.2, -0.15) is 0 Å². The lowest BCUT2D eigenvalue weighted by Crippen LogP contribution is -2.37. The quantitative estimate of drug-likeness (QED) is 0.807. The number of amides is 2. The molecule has 0 heterocycles. The number of benzene rings is 1. The Labute approximate surface area is 122 Å². The smallest absolute Gasteiger partial charge is 0.239 e. The monoisotopic (exact) mass is 300 g/mol. The standard InChI is InChI=1S/C13H17ClN2O2S/c1-2-15-12(17)7-16-13(18)9-19-8-10-4-3-5-11(14)6-10/h3-6H,2,7-9H2,1H3,(H,15,17)(H,16,18). The van der Waals surface area contributed by atoms with Gasteiger partial charge >= 0.3 is 0 Å². The normalized spacial score (nSPS) is 10.0. The number of carbonyl (C=O) groups is 2. The second kappa shape index (κ2) is 8.82. The van der Waals surface area contributed by atoms with Crippen molar-refractivity contribution in [3.05, 3.63) is 34.9 Å². The zero-order valence-corrected chi connectivity index (χ0v) is 12.3. The van der Waals surface area contributed by atoms with E-state index in [0.29, 0.717) is 17.3 Å². The summed E-state index contributed by atoms with van der Waals surface area (Å²) in [6.45, 7) is 2.43. The van der Waals surface area contributed by atoms with Crippen molar-refractivity contribution in [1.29, 1.82) is 0 Å². The molecule has 6 heteroatoms. The van der Waals surface area contributed by atoms with Crippen LogP contribution in [0.5, 0.6) is 0 Å². The number of hydrogen-bond donors (Lipinski definition) is 2. The predicted molar refractivity (Wildman–Crippen MR) is 79.3 cm³/mol.